The van der Waals surface area contributed by atoms with Gasteiger partial charge in [-0.1, -0.05) is 175 Å². The molecule has 208 valence electrons. The molecule has 0 aliphatic rings. The van der Waals surface area contributed by atoms with Crippen molar-refractivity contribution in [2.24, 2.45) is 0 Å². The Morgan fingerprint density at radius 2 is 0.686 bits per heavy atom. The third-order valence-electron chi connectivity index (χ3n) is 7.55. The smallest absolute Gasteiger partial charge is 0.245 e. The summed E-state index contributed by atoms with van der Waals surface area (Å²) in [6, 6.07) is 0. The highest BCUT2D eigenvalue weighted by atomic mass is 16.2. The number of carbonyl (C=O) groups is 1. The van der Waals surface area contributed by atoms with E-state index in [2.05, 4.69) is 20.4 Å². The maximum Gasteiger partial charge on any atom is 0.245 e. The van der Waals surface area contributed by atoms with Gasteiger partial charge >= 0.3 is 0 Å². The molecule has 0 radical (unpaired) electrons. The van der Waals surface area contributed by atoms with Crippen molar-refractivity contribution in [1.29, 1.82) is 0 Å². The van der Waals surface area contributed by atoms with Crippen LogP contribution >= 0.6 is 0 Å². The monoisotopic (exact) mass is 492 g/mol. The van der Waals surface area contributed by atoms with Crippen molar-refractivity contribution in [2.45, 2.75) is 181 Å². The molecule has 0 aliphatic carbocycles. The summed E-state index contributed by atoms with van der Waals surface area (Å²) < 4.78 is 0. The van der Waals surface area contributed by atoms with Gasteiger partial charge in [-0.2, -0.15) is 0 Å². The second-order valence-electron chi connectivity index (χ2n) is 11.0. The number of rotatable bonds is 29. The zero-order valence-electron chi connectivity index (χ0n) is 24.4. The summed E-state index contributed by atoms with van der Waals surface area (Å²) in [5, 5.41) is 0. The summed E-state index contributed by atoms with van der Waals surface area (Å²) in [5.74, 6) is 0.127. The molecule has 0 N–H and O–H groups in total. The largest absolute Gasteiger partial charge is 0.339 e. The van der Waals surface area contributed by atoms with Crippen LogP contribution in [-0.4, -0.2) is 23.9 Å². The van der Waals surface area contributed by atoms with Crippen molar-refractivity contribution in [3.8, 4) is 0 Å². The van der Waals surface area contributed by atoms with Gasteiger partial charge in [0.05, 0.1) is 0 Å². The number of carbonyl (C=O) groups excluding carboxylic acids is 1. The minimum atomic E-state index is 0.127. The van der Waals surface area contributed by atoms with Crippen LogP contribution in [0.2, 0.25) is 0 Å². The molecular weight excluding hydrogens is 426 g/mol. The third kappa shape index (κ3) is 26.1. The summed E-state index contributed by atoms with van der Waals surface area (Å²) in [7, 11) is 0. The van der Waals surface area contributed by atoms with Gasteiger partial charge in [0, 0.05) is 13.1 Å². The van der Waals surface area contributed by atoms with Crippen molar-refractivity contribution < 1.29 is 4.79 Å². The maximum atomic E-state index is 12.2. The maximum absolute atomic E-state index is 12.2. The average molecular weight is 492 g/mol. The second kappa shape index (κ2) is 29.4. The molecule has 0 aromatic carbocycles. The van der Waals surface area contributed by atoms with Crippen LogP contribution in [0.25, 0.3) is 0 Å². The molecule has 0 bridgehead atoms. The lowest BCUT2D eigenvalue weighted by molar-refractivity contribution is -0.126. The molecule has 2 nitrogen and oxygen atoms in total. The summed E-state index contributed by atoms with van der Waals surface area (Å²) in [4.78, 5) is 14.2. The van der Waals surface area contributed by atoms with Crippen LogP contribution in [0, 0.1) is 0 Å². The first kappa shape index (κ1) is 34.2. The molecule has 0 aromatic heterocycles. The van der Waals surface area contributed by atoms with Crippen LogP contribution in [0.15, 0.2) is 12.7 Å². The number of nitrogens with zero attached hydrogens (tertiary/aromatic N) is 1. The minimum Gasteiger partial charge on any atom is -0.339 e. The first-order valence-corrected chi connectivity index (χ1v) is 16.2. The van der Waals surface area contributed by atoms with E-state index in [0.29, 0.717) is 0 Å². The van der Waals surface area contributed by atoms with Gasteiger partial charge in [0.15, 0.2) is 0 Å². The Labute approximate surface area is 222 Å². The Morgan fingerprint density at radius 3 is 0.914 bits per heavy atom. The van der Waals surface area contributed by atoms with Crippen LogP contribution < -0.4 is 0 Å². The van der Waals surface area contributed by atoms with Gasteiger partial charge in [-0.05, 0) is 18.9 Å². The highest BCUT2D eigenvalue weighted by Crippen LogP contribution is 2.14. The molecule has 1 amide bonds. The lowest BCUT2D eigenvalue weighted by atomic mass is 10.0. The molecule has 0 spiro atoms. The normalized spacial score (nSPS) is 11.1. The number of amides is 1. The molecule has 35 heavy (non-hydrogen) atoms. The van der Waals surface area contributed by atoms with Gasteiger partial charge in [-0.25, -0.2) is 0 Å². The fourth-order valence-corrected chi connectivity index (χ4v) is 5.10. The van der Waals surface area contributed by atoms with Crippen molar-refractivity contribution >= 4 is 5.91 Å². The minimum absolute atomic E-state index is 0.127. The van der Waals surface area contributed by atoms with E-state index in [1.165, 1.54) is 160 Å². The fourth-order valence-electron chi connectivity index (χ4n) is 5.10. The molecular formula is C33H65NO. The first-order valence-electron chi connectivity index (χ1n) is 16.2. The van der Waals surface area contributed by atoms with E-state index in [4.69, 9.17) is 0 Å². The summed E-state index contributed by atoms with van der Waals surface area (Å²) >= 11 is 0. The van der Waals surface area contributed by atoms with Gasteiger partial charge in [0.1, 0.15) is 0 Å². The van der Waals surface area contributed by atoms with E-state index in [-0.39, 0.29) is 5.91 Å². The Hall–Kier alpha value is -0.790. The van der Waals surface area contributed by atoms with Crippen LogP contribution in [0.3, 0.4) is 0 Å². The molecule has 0 saturated carbocycles. The average Bonchev–Trinajstić information content (AvgIpc) is 2.87. The molecule has 0 atom stereocenters. The predicted octanol–water partition coefficient (Wildman–Crippen LogP) is 11.2. The third-order valence-corrected chi connectivity index (χ3v) is 7.55. The van der Waals surface area contributed by atoms with Crippen molar-refractivity contribution in [3.05, 3.63) is 12.7 Å². The summed E-state index contributed by atoms with van der Waals surface area (Å²) in [5.41, 5.74) is 0. The highest BCUT2D eigenvalue weighted by molar-refractivity contribution is 5.86. The first-order chi connectivity index (χ1) is 17.3. The predicted molar refractivity (Wildman–Crippen MR) is 158 cm³/mol. The molecule has 0 fully saturated rings. The van der Waals surface area contributed by atoms with Crippen molar-refractivity contribution in [3.63, 3.8) is 0 Å². The van der Waals surface area contributed by atoms with E-state index in [0.717, 1.165) is 25.9 Å². The van der Waals surface area contributed by atoms with Gasteiger partial charge in [0.25, 0.3) is 0 Å². The Morgan fingerprint density at radius 1 is 0.457 bits per heavy atom. The van der Waals surface area contributed by atoms with Crippen LogP contribution in [-0.2, 0) is 4.79 Å². The van der Waals surface area contributed by atoms with Crippen molar-refractivity contribution in [2.75, 3.05) is 13.1 Å². The van der Waals surface area contributed by atoms with Gasteiger partial charge in [-0.3, -0.25) is 4.79 Å². The highest BCUT2D eigenvalue weighted by Gasteiger charge is 2.09. The van der Waals surface area contributed by atoms with E-state index in [1.807, 2.05) is 4.90 Å². The topological polar surface area (TPSA) is 20.3 Å². The SMILES string of the molecule is C=CC(=O)N(CCCCCCCCCCCC)CCCCCCCCCCCCCCCCCC. The number of hydrogen-bond donors (Lipinski definition) is 0. The molecule has 0 aromatic rings. The molecule has 0 aliphatic heterocycles. The molecule has 0 saturated heterocycles. The number of unbranched alkanes of at least 4 members (excludes halogenated alkanes) is 24. The molecule has 0 heterocycles. The van der Waals surface area contributed by atoms with E-state index in [1.54, 1.807) is 0 Å². The zero-order valence-corrected chi connectivity index (χ0v) is 24.4. The zero-order chi connectivity index (χ0) is 25.7. The Kier molecular flexibility index (Phi) is 28.8. The van der Waals surface area contributed by atoms with Gasteiger partial charge < -0.3 is 4.90 Å². The van der Waals surface area contributed by atoms with Crippen molar-refractivity contribution in [1.82, 2.24) is 4.90 Å². The number of hydrogen-bond acceptors (Lipinski definition) is 1. The lowest BCUT2D eigenvalue weighted by Crippen LogP contribution is -2.31. The molecule has 2 heteroatoms. The van der Waals surface area contributed by atoms with Gasteiger partial charge in [0.2, 0.25) is 5.91 Å². The summed E-state index contributed by atoms with van der Waals surface area (Å²) in [6.07, 6.45) is 37.2. The molecule has 0 unspecified atom stereocenters. The van der Waals surface area contributed by atoms with E-state index >= 15 is 0 Å². The fraction of sp³-hybridized carbons (Fsp3) is 0.909. The van der Waals surface area contributed by atoms with Crippen LogP contribution in [0.5, 0.6) is 0 Å². The van der Waals surface area contributed by atoms with Crippen LogP contribution in [0.4, 0.5) is 0 Å². The lowest BCUT2D eigenvalue weighted by Gasteiger charge is -2.21. The van der Waals surface area contributed by atoms with Crippen LogP contribution in [0.1, 0.15) is 181 Å². The standard InChI is InChI=1S/C33H65NO/c1-4-7-9-11-13-15-17-18-19-20-21-22-24-26-28-30-32-34(33(35)6-3)31-29-27-25-23-16-14-12-10-8-5-2/h6H,3-5,7-32H2,1-2H3. The summed E-state index contributed by atoms with van der Waals surface area (Å²) in [6.45, 7) is 10.1. The molecule has 0 rings (SSSR count). The second-order valence-corrected chi connectivity index (χ2v) is 11.0. The Bertz CT molecular complexity index is 433. The van der Waals surface area contributed by atoms with E-state index in [9.17, 15) is 4.79 Å². The van der Waals surface area contributed by atoms with E-state index < -0.39 is 0 Å². The van der Waals surface area contributed by atoms with Gasteiger partial charge in [-0.15, -0.1) is 0 Å². The Balaban J connectivity index is 3.50. The quantitative estimate of drug-likeness (QED) is 0.0752.